The van der Waals surface area contributed by atoms with E-state index in [0.717, 1.165) is 16.5 Å². The van der Waals surface area contributed by atoms with Gasteiger partial charge in [0, 0.05) is 4.47 Å². The van der Waals surface area contributed by atoms with E-state index < -0.39 is 5.91 Å². The van der Waals surface area contributed by atoms with Crippen LogP contribution in [0.5, 0.6) is 5.75 Å². The maximum Gasteiger partial charge on any atom is 0.262 e. The van der Waals surface area contributed by atoms with Gasteiger partial charge in [0.1, 0.15) is 5.75 Å². The molecule has 5 nitrogen and oxygen atoms in total. The SMILES string of the molecule is CCc1cc(Br)ccc1OCC(=O)Nc1ccccc1C(N)=O. The van der Waals surface area contributed by atoms with E-state index in [-0.39, 0.29) is 18.1 Å². The van der Waals surface area contributed by atoms with Crippen LogP contribution in [0.4, 0.5) is 5.69 Å². The lowest BCUT2D eigenvalue weighted by molar-refractivity contribution is -0.118. The molecule has 2 aromatic carbocycles. The molecule has 3 N–H and O–H groups in total. The maximum absolute atomic E-state index is 12.0. The first-order chi connectivity index (χ1) is 11.0. The highest BCUT2D eigenvalue weighted by atomic mass is 79.9. The van der Waals surface area contributed by atoms with E-state index in [1.165, 1.54) is 0 Å². The number of amides is 2. The fourth-order valence-corrected chi connectivity index (χ4v) is 2.51. The highest BCUT2D eigenvalue weighted by Crippen LogP contribution is 2.23. The largest absolute Gasteiger partial charge is 0.483 e. The molecule has 0 saturated heterocycles. The van der Waals surface area contributed by atoms with Crippen molar-refractivity contribution in [1.82, 2.24) is 0 Å². The minimum Gasteiger partial charge on any atom is -0.483 e. The van der Waals surface area contributed by atoms with Crippen LogP contribution in [0.3, 0.4) is 0 Å². The Morgan fingerprint density at radius 2 is 1.96 bits per heavy atom. The number of nitrogens with two attached hydrogens (primary N) is 1. The summed E-state index contributed by atoms with van der Waals surface area (Å²) in [6, 6.07) is 12.2. The molecule has 0 bridgehead atoms. The van der Waals surface area contributed by atoms with E-state index in [0.29, 0.717) is 11.4 Å². The molecule has 2 aromatic rings. The van der Waals surface area contributed by atoms with E-state index in [4.69, 9.17) is 10.5 Å². The van der Waals surface area contributed by atoms with Crippen molar-refractivity contribution in [2.75, 3.05) is 11.9 Å². The lowest BCUT2D eigenvalue weighted by Gasteiger charge is -2.12. The van der Waals surface area contributed by atoms with Gasteiger partial charge in [-0.15, -0.1) is 0 Å². The summed E-state index contributed by atoms with van der Waals surface area (Å²) >= 11 is 3.40. The van der Waals surface area contributed by atoms with Crippen molar-refractivity contribution in [2.24, 2.45) is 5.73 Å². The van der Waals surface area contributed by atoms with Gasteiger partial charge in [-0.2, -0.15) is 0 Å². The Labute approximate surface area is 143 Å². The third-order valence-corrected chi connectivity index (χ3v) is 3.72. The molecule has 2 rings (SSSR count). The van der Waals surface area contributed by atoms with Gasteiger partial charge < -0.3 is 15.8 Å². The van der Waals surface area contributed by atoms with E-state index in [9.17, 15) is 9.59 Å². The van der Waals surface area contributed by atoms with E-state index >= 15 is 0 Å². The summed E-state index contributed by atoms with van der Waals surface area (Å²) in [5.41, 5.74) is 6.92. The highest BCUT2D eigenvalue weighted by Gasteiger charge is 2.11. The molecule has 0 aliphatic heterocycles. The molecule has 0 fully saturated rings. The predicted octanol–water partition coefficient (Wildman–Crippen LogP) is 3.13. The molecule has 23 heavy (non-hydrogen) atoms. The van der Waals surface area contributed by atoms with Crippen LogP contribution >= 0.6 is 15.9 Å². The number of halogens is 1. The van der Waals surface area contributed by atoms with Crippen LogP contribution < -0.4 is 15.8 Å². The number of aryl methyl sites for hydroxylation is 1. The van der Waals surface area contributed by atoms with E-state index in [2.05, 4.69) is 21.2 Å². The predicted molar refractivity (Wildman–Crippen MR) is 92.6 cm³/mol. The van der Waals surface area contributed by atoms with Gasteiger partial charge in [0.15, 0.2) is 6.61 Å². The number of anilines is 1. The number of carbonyl (C=O) groups is 2. The van der Waals surface area contributed by atoms with Crippen LogP contribution in [0.2, 0.25) is 0 Å². The molecule has 0 aliphatic rings. The van der Waals surface area contributed by atoms with Gasteiger partial charge in [-0.3, -0.25) is 9.59 Å². The number of para-hydroxylation sites is 1. The first-order valence-electron chi connectivity index (χ1n) is 7.11. The number of carbonyl (C=O) groups excluding carboxylic acids is 2. The first kappa shape index (κ1) is 17.0. The molecular weight excluding hydrogens is 360 g/mol. The Hall–Kier alpha value is -2.34. The monoisotopic (exact) mass is 376 g/mol. The number of benzene rings is 2. The van der Waals surface area contributed by atoms with Crippen molar-refractivity contribution >= 4 is 33.4 Å². The van der Waals surface area contributed by atoms with Gasteiger partial charge in [0.25, 0.3) is 11.8 Å². The topological polar surface area (TPSA) is 81.4 Å². The summed E-state index contributed by atoms with van der Waals surface area (Å²) < 4.78 is 6.53. The van der Waals surface area contributed by atoms with Crippen LogP contribution in [-0.4, -0.2) is 18.4 Å². The van der Waals surface area contributed by atoms with Crippen molar-refractivity contribution in [3.8, 4) is 5.75 Å². The van der Waals surface area contributed by atoms with Crippen molar-refractivity contribution in [1.29, 1.82) is 0 Å². The molecule has 0 saturated carbocycles. The number of primary amides is 1. The zero-order valence-electron chi connectivity index (χ0n) is 12.6. The van der Waals surface area contributed by atoms with Gasteiger partial charge in [0.2, 0.25) is 0 Å². The number of ether oxygens (including phenoxy) is 1. The summed E-state index contributed by atoms with van der Waals surface area (Å²) in [6.07, 6.45) is 0.793. The lowest BCUT2D eigenvalue weighted by Crippen LogP contribution is -2.23. The smallest absolute Gasteiger partial charge is 0.262 e. The summed E-state index contributed by atoms with van der Waals surface area (Å²) in [7, 11) is 0. The Bertz CT molecular complexity index is 732. The molecule has 6 heteroatoms. The molecular formula is C17H17BrN2O3. The van der Waals surface area contributed by atoms with Crippen molar-refractivity contribution in [2.45, 2.75) is 13.3 Å². The van der Waals surface area contributed by atoms with Gasteiger partial charge in [-0.05, 0) is 42.3 Å². The van der Waals surface area contributed by atoms with Gasteiger partial charge >= 0.3 is 0 Å². The first-order valence-corrected chi connectivity index (χ1v) is 7.90. The molecule has 0 heterocycles. The van der Waals surface area contributed by atoms with Crippen LogP contribution in [0.25, 0.3) is 0 Å². The Morgan fingerprint density at radius 1 is 1.22 bits per heavy atom. The fourth-order valence-electron chi connectivity index (χ4n) is 2.10. The minimum atomic E-state index is -0.594. The molecule has 120 valence electrons. The zero-order valence-corrected chi connectivity index (χ0v) is 14.2. The minimum absolute atomic E-state index is 0.151. The normalized spacial score (nSPS) is 10.2. The Morgan fingerprint density at radius 3 is 2.65 bits per heavy atom. The second kappa shape index (κ2) is 7.78. The van der Waals surface area contributed by atoms with Crippen molar-refractivity contribution in [3.63, 3.8) is 0 Å². The van der Waals surface area contributed by atoms with E-state index in [1.54, 1.807) is 24.3 Å². The van der Waals surface area contributed by atoms with Crippen LogP contribution in [0, 0.1) is 0 Å². The van der Waals surface area contributed by atoms with Crippen molar-refractivity contribution < 1.29 is 14.3 Å². The standard InChI is InChI=1S/C17H17BrN2O3/c1-2-11-9-12(18)7-8-15(11)23-10-16(21)20-14-6-4-3-5-13(14)17(19)22/h3-9H,2,10H2,1H3,(H2,19,22)(H,20,21). The molecule has 0 radical (unpaired) electrons. The average molecular weight is 377 g/mol. The van der Waals surface area contributed by atoms with Gasteiger partial charge in [0.05, 0.1) is 11.3 Å². The quantitative estimate of drug-likeness (QED) is 0.812. The van der Waals surface area contributed by atoms with Crippen LogP contribution in [-0.2, 0) is 11.2 Å². The van der Waals surface area contributed by atoms with Crippen LogP contribution in [0.15, 0.2) is 46.9 Å². The Balaban J connectivity index is 2.03. The Kier molecular flexibility index (Phi) is 5.76. The summed E-state index contributed by atoms with van der Waals surface area (Å²) in [5, 5.41) is 2.64. The zero-order chi connectivity index (χ0) is 16.8. The average Bonchev–Trinajstić information content (AvgIpc) is 2.53. The molecule has 0 unspecified atom stereocenters. The number of rotatable bonds is 6. The molecule has 2 amide bonds. The number of hydrogen-bond donors (Lipinski definition) is 2. The molecule has 0 aromatic heterocycles. The maximum atomic E-state index is 12.0. The fraction of sp³-hybridized carbons (Fsp3) is 0.176. The van der Waals surface area contributed by atoms with Gasteiger partial charge in [-0.1, -0.05) is 35.0 Å². The molecule has 0 atom stereocenters. The third kappa shape index (κ3) is 4.56. The van der Waals surface area contributed by atoms with Crippen molar-refractivity contribution in [3.05, 3.63) is 58.1 Å². The second-order valence-corrected chi connectivity index (χ2v) is 5.77. The van der Waals surface area contributed by atoms with Crippen LogP contribution in [0.1, 0.15) is 22.8 Å². The highest BCUT2D eigenvalue weighted by molar-refractivity contribution is 9.10. The summed E-state index contributed by atoms with van der Waals surface area (Å²) in [4.78, 5) is 23.4. The summed E-state index contributed by atoms with van der Waals surface area (Å²) in [5.74, 6) is -0.291. The lowest BCUT2D eigenvalue weighted by atomic mass is 10.1. The second-order valence-electron chi connectivity index (χ2n) is 4.85. The number of nitrogens with one attached hydrogen (secondary N) is 1. The molecule has 0 aliphatic carbocycles. The van der Waals surface area contributed by atoms with Gasteiger partial charge in [-0.25, -0.2) is 0 Å². The van der Waals surface area contributed by atoms with E-state index in [1.807, 2.05) is 25.1 Å². The summed E-state index contributed by atoms with van der Waals surface area (Å²) in [6.45, 7) is 1.86. The molecule has 0 spiro atoms. The number of hydrogen-bond acceptors (Lipinski definition) is 3. The third-order valence-electron chi connectivity index (χ3n) is 3.23.